The number of nitrogens with one attached hydrogen (secondary N) is 2. The second-order valence-corrected chi connectivity index (χ2v) is 6.69. The SMILES string of the molecule is C=C/C(=C\C=C(/CC)SNCc1c[nH]c2ncccc12)CCCC. The number of hydrogen-bond acceptors (Lipinski definition) is 3. The van der Waals surface area contributed by atoms with Crippen LogP contribution in [0, 0.1) is 0 Å². The molecule has 3 nitrogen and oxygen atoms in total. The number of aromatic nitrogens is 2. The van der Waals surface area contributed by atoms with Crippen LogP contribution in [0.25, 0.3) is 11.0 Å². The van der Waals surface area contributed by atoms with E-state index in [0.29, 0.717) is 0 Å². The molecule has 0 spiro atoms. The topological polar surface area (TPSA) is 40.7 Å². The van der Waals surface area contributed by atoms with E-state index in [4.69, 9.17) is 0 Å². The molecule has 0 aliphatic rings. The quantitative estimate of drug-likeness (QED) is 0.418. The smallest absolute Gasteiger partial charge is 0.137 e. The molecule has 0 saturated carbocycles. The molecule has 0 unspecified atom stereocenters. The number of H-pyrrole nitrogens is 1. The van der Waals surface area contributed by atoms with Gasteiger partial charge in [0.1, 0.15) is 5.65 Å². The molecule has 0 radical (unpaired) electrons. The molecule has 0 aliphatic carbocycles. The molecule has 2 aromatic heterocycles. The number of allylic oxidation sites excluding steroid dienone is 5. The maximum absolute atomic E-state index is 4.33. The van der Waals surface area contributed by atoms with E-state index in [2.05, 4.69) is 53.3 Å². The van der Waals surface area contributed by atoms with Crippen LogP contribution in [0.3, 0.4) is 0 Å². The number of rotatable bonds is 10. The number of pyridine rings is 1. The second kappa shape index (κ2) is 10.2. The average molecular weight is 342 g/mol. The van der Waals surface area contributed by atoms with Gasteiger partial charge in [0.05, 0.1) is 0 Å². The Morgan fingerprint density at radius 1 is 1.38 bits per heavy atom. The number of hydrogen-bond donors (Lipinski definition) is 2. The van der Waals surface area contributed by atoms with Crippen LogP contribution in [0.15, 0.2) is 59.8 Å². The van der Waals surface area contributed by atoms with Gasteiger partial charge in [-0.1, -0.05) is 45.1 Å². The van der Waals surface area contributed by atoms with E-state index >= 15 is 0 Å². The van der Waals surface area contributed by atoms with E-state index < -0.39 is 0 Å². The summed E-state index contributed by atoms with van der Waals surface area (Å²) in [7, 11) is 0. The number of fused-ring (bicyclic) bond motifs is 1. The van der Waals surface area contributed by atoms with Crippen LogP contribution in [0.4, 0.5) is 0 Å². The van der Waals surface area contributed by atoms with Crippen molar-refractivity contribution in [3.63, 3.8) is 0 Å². The first-order chi connectivity index (χ1) is 11.8. The van der Waals surface area contributed by atoms with Crippen molar-refractivity contribution < 1.29 is 0 Å². The molecule has 2 rings (SSSR count). The lowest BCUT2D eigenvalue weighted by molar-refractivity contribution is 0.798. The number of nitrogens with zero attached hydrogens (tertiary/aromatic N) is 1. The van der Waals surface area contributed by atoms with Crippen LogP contribution < -0.4 is 4.72 Å². The molecule has 0 bridgehead atoms. The fourth-order valence-corrected chi connectivity index (χ4v) is 3.12. The van der Waals surface area contributed by atoms with Gasteiger partial charge in [0, 0.05) is 29.2 Å². The first-order valence-electron chi connectivity index (χ1n) is 8.61. The molecule has 0 aliphatic heterocycles. The van der Waals surface area contributed by atoms with Gasteiger partial charge in [-0.05, 0) is 54.5 Å². The summed E-state index contributed by atoms with van der Waals surface area (Å²) in [4.78, 5) is 8.86. The minimum atomic E-state index is 0.807. The molecular weight excluding hydrogens is 314 g/mol. The Labute approximate surface area is 149 Å². The van der Waals surface area contributed by atoms with Crippen molar-refractivity contribution in [2.45, 2.75) is 46.1 Å². The van der Waals surface area contributed by atoms with Crippen LogP contribution >= 0.6 is 11.9 Å². The lowest BCUT2D eigenvalue weighted by Gasteiger charge is -2.06. The van der Waals surface area contributed by atoms with Crippen molar-refractivity contribution in [3.8, 4) is 0 Å². The third-order valence-corrected chi connectivity index (χ3v) is 4.89. The molecular formula is C20H27N3S. The Morgan fingerprint density at radius 3 is 3.00 bits per heavy atom. The fraction of sp³-hybridized carbons (Fsp3) is 0.350. The monoisotopic (exact) mass is 341 g/mol. The molecule has 128 valence electrons. The standard InChI is InChI=1S/C20H27N3S/c1-4-7-9-16(5-2)11-12-18(6-3)24-23-15-17-14-22-20-19(17)10-8-13-21-20/h5,8,10-14,23H,2,4,6-7,9,15H2,1,3H3,(H,21,22)/b16-11+,18-12+. The van der Waals surface area contributed by atoms with E-state index in [1.807, 2.05) is 24.5 Å². The minimum absolute atomic E-state index is 0.807. The first kappa shape index (κ1) is 18.6. The Kier molecular flexibility index (Phi) is 7.86. The molecule has 2 heterocycles. The van der Waals surface area contributed by atoms with Crippen molar-refractivity contribution in [1.82, 2.24) is 14.7 Å². The number of aromatic amines is 1. The minimum Gasteiger partial charge on any atom is -0.346 e. The summed E-state index contributed by atoms with van der Waals surface area (Å²) in [5.41, 5.74) is 3.50. The molecule has 2 N–H and O–H groups in total. The third-order valence-electron chi connectivity index (χ3n) is 3.92. The molecule has 0 fully saturated rings. The van der Waals surface area contributed by atoms with Gasteiger partial charge in [0.25, 0.3) is 0 Å². The summed E-state index contributed by atoms with van der Waals surface area (Å²) < 4.78 is 3.46. The van der Waals surface area contributed by atoms with Gasteiger partial charge in [-0.25, -0.2) is 4.98 Å². The lowest BCUT2D eigenvalue weighted by Crippen LogP contribution is -2.03. The van der Waals surface area contributed by atoms with Crippen LogP contribution in [0.5, 0.6) is 0 Å². The molecule has 0 aromatic carbocycles. The summed E-state index contributed by atoms with van der Waals surface area (Å²) in [5, 5.41) is 1.18. The number of unbranched alkanes of at least 4 members (excludes halogenated alkanes) is 1. The van der Waals surface area contributed by atoms with Gasteiger partial charge in [-0.15, -0.1) is 0 Å². The second-order valence-electron chi connectivity index (χ2n) is 5.67. The lowest BCUT2D eigenvalue weighted by atomic mass is 10.1. The van der Waals surface area contributed by atoms with Crippen LogP contribution in [0.1, 0.15) is 45.1 Å². The van der Waals surface area contributed by atoms with E-state index in [-0.39, 0.29) is 0 Å². The van der Waals surface area contributed by atoms with E-state index in [9.17, 15) is 0 Å². The maximum Gasteiger partial charge on any atom is 0.137 e. The molecule has 0 atom stereocenters. The van der Waals surface area contributed by atoms with Crippen molar-refractivity contribution in [1.29, 1.82) is 0 Å². The third kappa shape index (κ3) is 5.39. The van der Waals surface area contributed by atoms with Gasteiger partial charge >= 0.3 is 0 Å². The van der Waals surface area contributed by atoms with Crippen molar-refractivity contribution in [2.75, 3.05) is 0 Å². The molecule has 0 saturated heterocycles. The van der Waals surface area contributed by atoms with Gasteiger partial charge in [-0.2, -0.15) is 0 Å². The highest BCUT2D eigenvalue weighted by Gasteiger charge is 2.03. The fourth-order valence-electron chi connectivity index (χ4n) is 2.42. The predicted molar refractivity (Wildman–Crippen MR) is 107 cm³/mol. The van der Waals surface area contributed by atoms with Crippen LogP contribution in [-0.2, 0) is 6.54 Å². The van der Waals surface area contributed by atoms with E-state index in [1.54, 1.807) is 11.9 Å². The van der Waals surface area contributed by atoms with Gasteiger partial charge in [-0.3, -0.25) is 4.72 Å². The highest BCUT2D eigenvalue weighted by atomic mass is 32.2. The first-order valence-corrected chi connectivity index (χ1v) is 9.43. The zero-order valence-corrected chi connectivity index (χ0v) is 15.5. The average Bonchev–Trinajstić information content (AvgIpc) is 3.03. The molecule has 4 heteroatoms. The summed E-state index contributed by atoms with van der Waals surface area (Å²) in [6.07, 6.45) is 14.8. The van der Waals surface area contributed by atoms with Gasteiger partial charge < -0.3 is 4.98 Å². The Bertz CT molecular complexity index is 712. The van der Waals surface area contributed by atoms with Gasteiger partial charge in [0.15, 0.2) is 0 Å². The maximum atomic E-state index is 4.33. The Balaban J connectivity index is 1.92. The van der Waals surface area contributed by atoms with Crippen LogP contribution in [0.2, 0.25) is 0 Å². The summed E-state index contributed by atoms with van der Waals surface area (Å²) in [5.74, 6) is 0. The highest BCUT2D eigenvalue weighted by Crippen LogP contribution is 2.20. The van der Waals surface area contributed by atoms with Gasteiger partial charge in [0.2, 0.25) is 0 Å². The van der Waals surface area contributed by atoms with Crippen molar-refractivity contribution >= 4 is 23.0 Å². The zero-order chi connectivity index (χ0) is 17.2. The van der Waals surface area contributed by atoms with Crippen LogP contribution in [-0.4, -0.2) is 9.97 Å². The van der Waals surface area contributed by atoms with E-state index in [1.165, 1.54) is 34.3 Å². The summed E-state index contributed by atoms with van der Waals surface area (Å²) >= 11 is 1.70. The molecule has 2 aromatic rings. The normalized spacial score (nSPS) is 12.8. The van der Waals surface area contributed by atoms with Crippen molar-refractivity contribution in [2.24, 2.45) is 0 Å². The highest BCUT2D eigenvalue weighted by molar-refractivity contribution is 8.01. The predicted octanol–water partition coefficient (Wildman–Crippen LogP) is 5.90. The Morgan fingerprint density at radius 2 is 2.25 bits per heavy atom. The summed E-state index contributed by atoms with van der Waals surface area (Å²) in [6, 6.07) is 4.08. The largest absolute Gasteiger partial charge is 0.346 e. The zero-order valence-electron chi connectivity index (χ0n) is 14.6. The van der Waals surface area contributed by atoms with E-state index in [0.717, 1.165) is 25.0 Å². The molecule has 24 heavy (non-hydrogen) atoms. The Hall–Kier alpha value is -1.78. The molecule has 0 amide bonds. The van der Waals surface area contributed by atoms with Crippen molar-refractivity contribution in [3.05, 3.63) is 65.4 Å². The summed E-state index contributed by atoms with van der Waals surface area (Å²) in [6.45, 7) is 9.12.